The van der Waals surface area contributed by atoms with E-state index in [1.807, 2.05) is 0 Å². The summed E-state index contributed by atoms with van der Waals surface area (Å²) in [6.07, 6.45) is 0. The molecule has 0 radical (unpaired) electrons. The van der Waals surface area contributed by atoms with Gasteiger partial charge in [-0.05, 0) is 147 Å². The van der Waals surface area contributed by atoms with Crippen LogP contribution in [0.1, 0.15) is 34.6 Å². The molecule has 8 nitrogen and oxygen atoms in total. The van der Waals surface area contributed by atoms with Crippen molar-refractivity contribution in [2.45, 2.75) is 13.8 Å². The van der Waals surface area contributed by atoms with Crippen LogP contribution in [-0.4, -0.2) is 23.9 Å². The maximum absolute atomic E-state index is 12.7. The normalized spacial score (nSPS) is 6.61. The molecule has 8 heteroatoms. The van der Waals surface area contributed by atoms with Gasteiger partial charge in [0.25, 0.3) is 0 Å². The summed E-state index contributed by atoms with van der Waals surface area (Å²) in [6.45, 7) is 5.76. The van der Waals surface area contributed by atoms with Crippen LogP contribution in [0.25, 0.3) is 0 Å². The van der Waals surface area contributed by atoms with Gasteiger partial charge in [-0.1, -0.05) is 5.73 Å². The fourth-order valence-corrected chi connectivity index (χ4v) is 3.07. The van der Waals surface area contributed by atoms with Crippen LogP contribution in [0, 0.1) is 0 Å². The highest BCUT2D eigenvalue weighted by molar-refractivity contribution is 5.92. The summed E-state index contributed by atoms with van der Waals surface area (Å²) in [5.41, 5.74) is 83.6. The van der Waals surface area contributed by atoms with Crippen molar-refractivity contribution in [3.63, 3.8) is 0 Å². The molecular weight excluding hydrogens is 777 g/mol. The number of carbonyl (C=O) groups excluding carboxylic acids is 4. The van der Waals surface area contributed by atoms with E-state index >= 15 is 0 Å². The van der Waals surface area contributed by atoms with E-state index in [2.05, 4.69) is 201 Å². The molecule has 0 fully saturated rings. The molecular formula is C54H16O8. The zero-order valence-electron chi connectivity index (χ0n) is 32.1. The van der Waals surface area contributed by atoms with Gasteiger partial charge in [0.15, 0.2) is 0 Å². The molecule has 0 unspecified atom stereocenters. The Hall–Kier alpha value is -11.4. The molecule has 0 spiro atoms. The molecule has 0 aliphatic heterocycles. The highest BCUT2D eigenvalue weighted by Gasteiger charge is 2.17. The quantitative estimate of drug-likeness (QED) is 0.125. The van der Waals surface area contributed by atoms with Crippen LogP contribution < -0.4 is 9.47 Å². The number of benzene rings is 2. The molecule has 0 N–H and O–H groups in total. The van der Waals surface area contributed by atoms with E-state index in [1.54, 1.807) is 0 Å². The predicted molar refractivity (Wildman–Crippen MR) is 215 cm³/mol. The van der Waals surface area contributed by atoms with E-state index in [0.717, 1.165) is 0 Å². The van der Waals surface area contributed by atoms with Gasteiger partial charge >= 0.3 is 29.8 Å². The fourth-order valence-electron chi connectivity index (χ4n) is 3.07. The van der Waals surface area contributed by atoms with Crippen LogP contribution >= 0.6 is 0 Å². The molecule has 0 heterocycles. The Morgan fingerprint density at radius 1 is 0.355 bits per heavy atom. The lowest BCUT2D eigenvalue weighted by Gasteiger charge is -2.08. The predicted octanol–water partition coefficient (Wildman–Crippen LogP) is 8.30. The minimum atomic E-state index is -0.940. The van der Waals surface area contributed by atoms with Gasteiger partial charge in [0.05, 0.1) is 11.1 Å². The van der Waals surface area contributed by atoms with Gasteiger partial charge in [-0.15, -0.1) is 0 Å². The van der Waals surface area contributed by atoms with Crippen molar-refractivity contribution in [2.75, 3.05) is 0 Å². The Balaban J connectivity index is 2.39. The number of ether oxygens (including phenoxy) is 4. The van der Waals surface area contributed by atoms with Crippen molar-refractivity contribution >= 4 is 23.9 Å². The Bertz CT molecular complexity index is 3540. The minimum absolute atomic E-state index is 0.0275. The Morgan fingerprint density at radius 2 is 0.581 bits per heavy atom. The number of esters is 4. The Labute approximate surface area is 353 Å². The molecule has 0 aliphatic carbocycles. The lowest BCUT2D eigenvalue weighted by Crippen LogP contribution is -2.11. The second-order valence-electron chi connectivity index (χ2n) is 9.60. The first-order chi connectivity index (χ1) is 30.3. The van der Waals surface area contributed by atoms with E-state index in [4.69, 9.17) is 18.9 Å². The Morgan fingerprint density at radius 3 is 0.806 bits per heavy atom. The van der Waals surface area contributed by atoms with Crippen LogP contribution in [0.5, 0.6) is 11.5 Å². The van der Waals surface area contributed by atoms with Gasteiger partial charge in [-0.25, -0.2) is 9.59 Å². The van der Waals surface area contributed by atoms with Crippen molar-refractivity contribution < 1.29 is 38.1 Å². The second-order valence-corrected chi connectivity index (χ2v) is 9.60. The van der Waals surface area contributed by atoms with Gasteiger partial charge < -0.3 is 18.9 Å². The van der Waals surface area contributed by atoms with E-state index < -0.39 is 29.8 Å². The van der Waals surface area contributed by atoms with E-state index in [1.165, 1.54) is 62.4 Å². The summed E-state index contributed by atoms with van der Waals surface area (Å²) in [6, 6.07) is 10.8. The van der Waals surface area contributed by atoms with Gasteiger partial charge in [0.2, 0.25) is 0 Å². The monoisotopic (exact) mass is 792 g/mol. The van der Waals surface area contributed by atoms with Crippen molar-refractivity contribution in [3.8, 4) is 11.5 Å². The van der Waals surface area contributed by atoms with Crippen molar-refractivity contribution in [1.82, 2.24) is 0 Å². The SMILES string of the molecule is C=C=C=C=C=C=C=C=C=C=C=C=C=C=C=C=C=C=C=C=C=C=C=C=C=C=C=C=C=C=C=C=C=C=C=C(OC(=O)c1ccc(OC(C)=O)cc1)OC(=O)c1ccc(OC(C)=O)cc1. The van der Waals surface area contributed by atoms with Gasteiger partial charge in [0, 0.05) is 111 Å². The minimum Gasteiger partial charge on any atom is -0.427 e. The molecule has 2 aromatic carbocycles. The van der Waals surface area contributed by atoms with Crippen LogP contribution in [0.2, 0.25) is 0 Å². The standard InChI is InChI=1S/C54H16O8/c1-4-5-6-7-8-9-10-11-12-13-14-15-16-17-18-19-20-21-22-23-24-25-26-27-28-29-30-31-32-33-34-35-36-37-52(61-53(57)48-38-42-50(43-39-48)59-46(2)55)62-54(58)49-40-44-51(45-41-49)60-47(3)56/h38-45H,1H2,2-3H3. The van der Waals surface area contributed by atoms with E-state index in [0.29, 0.717) is 0 Å². The van der Waals surface area contributed by atoms with Crippen molar-refractivity contribution in [3.05, 3.63) is 267 Å². The second kappa shape index (κ2) is 30.9. The van der Waals surface area contributed by atoms with Gasteiger partial charge in [-0.2, -0.15) is 0 Å². The van der Waals surface area contributed by atoms with Crippen LogP contribution in [0.3, 0.4) is 0 Å². The third kappa shape index (κ3) is 24.1. The molecule has 0 amide bonds. The summed E-state index contributed by atoms with van der Waals surface area (Å²) >= 11 is 0. The molecule has 280 valence electrons. The first-order valence-electron chi connectivity index (χ1n) is 16.4. The molecule has 0 atom stereocenters. The van der Waals surface area contributed by atoms with Crippen molar-refractivity contribution in [2.24, 2.45) is 0 Å². The molecule has 0 saturated heterocycles. The molecule has 0 saturated carbocycles. The lowest BCUT2D eigenvalue weighted by atomic mass is 10.2. The van der Waals surface area contributed by atoms with E-state index in [9.17, 15) is 19.2 Å². The number of rotatable bonds is 6. The largest absolute Gasteiger partial charge is 0.427 e. The average Bonchev–Trinajstić information content (AvgIpc) is 3.25. The summed E-state index contributed by atoms with van der Waals surface area (Å²) < 4.78 is 20.3. The lowest BCUT2D eigenvalue weighted by molar-refractivity contribution is -0.132. The average molecular weight is 793 g/mol. The smallest absolute Gasteiger partial charge is 0.352 e. The number of hydrogen-bond donors (Lipinski definition) is 0. The fraction of sp³-hybridized carbons (Fsp3) is 0.0370. The first-order valence-corrected chi connectivity index (χ1v) is 16.4. The van der Waals surface area contributed by atoms with Crippen molar-refractivity contribution in [1.29, 1.82) is 0 Å². The maximum Gasteiger partial charge on any atom is 0.352 e. The summed E-state index contributed by atoms with van der Waals surface area (Å²) in [4.78, 5) is 47.8. The third-order valence-corrected chi connectivity index (χ3v) is 5.26. The van der Waals surface area contributed by atoms with E-state index in [-0.39, 0.29) is 22.6 Å². The molecule has 0 bridgehead atoms. The molecule has 2 aromatic rings. The first kappa shape index (κ1) is 46.7. The summed E-state index contributed by atoms with van der Waals surface area (Å²) in [5, 5.41) is 0. The topological polar surface area (TPSA) is 105 Å². The summed E-state index contributed by atoms with van der Waals surface area (Å²) in [7, 11) is 0. The van der Waals surface area contributed by atoms with Gasteiger partial charge in [0.1, 0.15) is 11.5 Å². The van der Waals surface area contributed by atoms with Crippen LogP contribution in [0.15, 0.2) is 256 Å². The Kier molecular flexibility index (Phi) is 23.3. The van der Waals surface area contributed by atoms with Gasteiger partial charge in [-0.3, -0.25) is 9.59 Å². The molecule has 0 aromatic heterocycles. The highest BCUT2D eigenvalue weighted by Crippen LogP contribution is 2.17. The van der Waals surface area contributed by atoms with Crippen LogP contribution in [0.4, 0.5) is 0 Å². The molecule has 62 heavy (non-hydrogen) atoms. The zero-order chi connectivity index (χ0) is 44.7. The molecule has 2 rings (SSSR count). The van der Waals surface area contributed by atoms with Crippen LogP contribution in [-0.2, 0) is 19.1 Å². The number of carbonyl (C=O) groups is 4. The highest BCUT2D eigenvalue weighted by atomic mass is 16.7. The zero-order valence-corrected chi connectivity index (χ0v) is 32.1. The number of hydrogen-bond acceptors (Lipinski definition) is 8. The maximum atomic E-state index is 12.7. The third-order valence-electron chi connectivity index (χ3n) is 5.26. The molecule has 0 aliphatic rings. The summed E-state index contributed by atoms with van der Waals surface area (Å²) in [5.74, 6) is -3.26.